The summed E-state index contributed by atoms with van der Waals surface area (Å²) in [6.45, 7) is 1.94. The Hall–Kier alpha value is -3.56. The number of hydrogen-bond donors (Lipinski definition) is 2. The fourth-order valence-corrected chi connectivity index (χ4v) is 3.12. The number of aromatic nitrogens is 6. The fourth-order valence-electron chi connectivity index (χ4n) is 3.12. The number of nitrogens with zero attached hydrogens (tertiary/aromatic N) is 7. The standard InChI is InChI=1S/C18H21N9O/c1-19-16-5-6-17(24-23-16)26-9-7-14(11-26)27-12-15(22-25-27)18(28)21-10-13-4-2-3-8-20-13/h2-6,8,12,14H,7,9-11H2,1H3,(H,19,23)(H,21,28). The van der Waals surface area contributed by atoms with Crippen LogP contribution in [0.25, 0.3) is 0 Å². The van der Waals surface area contributed by atoms with Gasteiger partial charge in [0.15, 0.2) is 11.5 Å². The van der Waals surface area contributed by atoms with Gasteiger partial charge in [0, 0.05) is 26.3 Å². The SMILES string of the molecule is CNc1ccc(N2CCC(n3cc(C(=O)NCc4ccccn4)nn3)C2)nn1. The van der Waals surface area contributed by atoms with E-state index < -0.39 is 0 Å². The number of nitrogens with one attached hydrogen (secondary N) is 2. The van der Waals surface area contributed by atoms with Crippen molar-refractivity contribution < 1.29 is 4.79 Å². The number of anilines is 2. The summed E-state index contributed by atoms with van der Waals surface area (Å²) >= 11 is 0. The first-order valence-electron chi connectivity index (χ1n) is 9.09. The average Bonchev–Trinajstić information content (AvgIpc) is 3.42. The van der Waals surface area contributed by atoms with Gasteiger partial charge in [-0.3, -0.25) is 9.78 Å². The summed E-state index contributed by atoms with van der Waals surface area (Å²) in [5.41, 5.74) is 1.09. The number of carbonyl (C=O) groups excluding carboxylic acids is 1. The van der Waals surface area contributed by atoms with E-state index in [0.717, 1.165) is 36.8 Å². The van der Waals surface area contributed by atoms with Gasteiger partial charge in [0.2, 0.25) is 0 Å². The molecule has 10 heteroatoms. The zero-order chi connectivity index (χ0) is 19.3. The van der Waals surface area contributed by atoms with E-state index in [4.69, 9.17) is 0 Å². The Morgan fingerprint density at radius 3 is 2.89 bits per heavy atom. The minimum Gasteiger partial charge on any atom is -0.372 e. The lowest BCUT2D eigenvalue weighted by molar-refractivity contribution is 0.0945. The second-order valence-electron chi connectivity index (χ2n) is 6.50. The Labute approximate surface area is 162 Å². The molecule has 0 spiro atoms. The molecule has 1 aliphatic rings. The topological polar surface area (TPSA) is 114 Å². The molecular weight excluding hydrogens is 358 g/mol. The highest BCUT2D eigenvalue weighted by molar-refractivity contribution is 5.91. The number of carbonyl (C=O) groups is 1. The molecule has 4 heterocycles. The third kappa shape index (κ3) is 3.90. The van der Waals surface area contributed by atoms with Gasteiger partial charge < -0.3 is 15.5 Å². The lowest BCUT2D eigenvalue weighted by Gasteiger charge is -2.16. The molecule has 3 aromatic rings. The van der Waals surface area contributed by atoms with Crippen LogP contribution in [-0.4, -0.2) is 56.2 Å². The van der Waals surface area contributed by atoms with Gasteiger partial charge >= 0.3 is 0 Å². The van der Waals surface area contributed by atoms with Crippen LogP contribution in [0.3, 0.4) is 0 Å². The van der Waals surface area contributed by atoms with Crippen LogP contribution in [0.5, 0.6) is 0 Å². The summed E-state index contributed by atoms with van der Waals surface area (Å²) in [6.07, 6.45) is 4.28. The molecule has 1 saturated heterocycles. The monoisotopic (exact) mass is 379 g/mol. The molecule has 0 aromatic carbocycles. The first-order valence-corrected chi connectivity index (χ1v) is 9.09. The van der Waals surface area contributed by atoms with Crippen LogP contribution in [0.15, 0.2) is 42.7 Å². The van der Waals surface area contributed by atoms with Gasteiger partial charge in [-0.25, -0.2) is 4.68 Å². The van der Waals surface area contributed by atoms with Crippen molar-refractivity contribution in [3.8, 4) is 0 Å². The quantitative estimate of drug-likeness (QED) is 0.649. The van der Waals surface area contributed by atoms with Crippen molar-refractivity contribution in [2.75, 3.05) is 30.4 Å². The van der Waals surface area contributed by atoms with Crippen LogP contribution in [0.1, 0.15) is 28.6 Å². The predicted octanol–water partition coefficient (Wildman–Crippen LogP) is 0.886. The minimum absolute atomic E-state index is 0.135. The molecule has 0 bridgehead atoms. The van der Waals surface area contributed by atoms with Crippen molar-refractivity contribution >= 4 is 17.5 Å². The second kappa shape index (κ2) is 7.99. The lowest BCUT2D eigenvalue weighted by atomic mass is 10.3. The van der Waals surface area contributed by atoms with Crippen molar-refractivity contribution in [2.24, 2.45) is 0 Å². The molecule has 1 atom stereocenters. The van der Waals surface area contributed by atoms with Gasteiger partial charge in [-0.1, -0.05) is 11.3 Å². The van der Waals surface area contributed by atoms with Crippen molar-refractivity contribution in [3.05, 3.63) is 54.1 Å². The molecule has 4 rings (SSSR count). The molecule has 1 aliphatic heterocycles. The van der Waals surface area contributed by atoms with Gasteiger partial charge in [-0.15, -0.1) is 15.3 Å². The van der Waals surface area contributed by atoms with E-state index in [1.54, 1.807) is 17.1 Å². The van der Waals surface area contributed by atoms with Gasteiger partial charge in [0.1, 0.15) is 5.82 Å². The Morgan fingerprint density at radius 2 is 2.14 bits per heavy atom. The molecule has 1 unspecified atom stereocenters. The third-order valence-corrected chi connectivity index (χ3v) is 4.67. The Kier molecular flexibility index (Phi) is 5.09. The van der Waals surface area contributed by atoms with E-state index in [-0.39, 0.29) is 11.9 Å². The first-order chi connectivity index (χ1) is 13.7. The van der Waals surface area contributed by atoms with Gasteiger partial charge in [-0.2, -0.15) is 0 Å². The van der Waals surface area contributed by atoms with Crippen molar-refractivity contribution in [2.45, 2.75) is 19.0 Å². The van der Waals surface area contributed by atoms with Crippen molar-refractivity contribution in [1.82, 2.24) is 35.5 Å². The first kappa shape index (κ1) is 17.8. The number of pyridine rings is 1. The fraction of sp³-hybridized carbons (Fsp3) is 0.333. The Morgan fingerprint density at radius 1 is 1.21 bits per heavy atom. The van der Waals surface area contributed by atoms with Crippen molar-refractivity contribution in [1.29, 1.82) is 0 Å². The van der Waals surface area contributed by atoms with Crippen LogP contribution >= 0.6 is 0 Å². The van der Waals surface area contributed by atoms with Gasteiger partial charge in [0.05, 0.1) is 24.5 Å². The van der Waals surface area contributed by atoms with E-state index in [9.17, 15) is 4.79 Å². The minimum atomic E-state index is -0.264. The van der Waals surface area contributed by atoms with E-state index in [2.05, 4.69) is 41.0 Å². The molecule has 144 valence electrons. The summed E-state index contributed by atoms with van der Waals surface area (Å²) in [6, 6.07) is 9.55. The predicted molar refractivity (Wildman–Crippen MR) is 103 cm³/mol. The van der Waals surface area contributed by atoms with E-state index in [0.29, 0.717) is 12.2 Å². The zero-order valence-electron chi connectivity index (χ0n) is 15.5. The number of amides is 1. The maximum atomic E-state index is 12.3. The molecule has 0 aliphatic carbocycles. The molecule has 0 radical (unpaired) electrons. The summed E-state index contributed by atoms with van der Waals surface area (Å²) in [5.74, 6) is 1.30. The van der Waals surface area contributed by atoms with Gasteiger partial charge in [-0.05, 0) is 30.7 Å². The summed E-state index contributed by atoms with van der Waals surface area (Å²) in [7, 11) is 1.81. The number of rotatable bonds is 6. The van der Waals surface area contributed by atoms with Crippen LogP contribution in [0.4, 0.5) is 11.6 Å². The highest BCUT2D eigenvalue weighted by atomic mass is 16.2. The molecule has 3 aromatic heterocycles. The highest BCUT2D eigenvalue weighted by Crippen LogP contribution is 2.25. The van der Waals surface area contributed by atoms with Crippen molar-refractivity contribution in [3.63, 3.8) is 0 Å². The van der Waals surface area contributed by atoms with Crippen LogP contribution in [0, 0.1) is 0 Å². The van der Waals surface area contributed by atoms with E-state index in [1.807, 2.05) is 37.4 Å². The van der Waals surface area contributed by atoms with E-state index in [1.165, 1.54) is 0 Å². The normalized spacial score (nSPS) is 16.2. The summed E-state index contributed by atoms with van der Waals surface area (Å²) < 4.78 is 1.76. The van der Waals surface area contributed by atoms with Crippen LogP contribution < -0.4 is 15.5 Å². The third-order valence-electron chi connectivity index (χ3n) is 4.67. The van der Waals surface area contributed by atoms with Crippen LogP contribution in [0.2, 0.25) is 0 Å². The lowest BCUT2D eigenvalue weighted by Crippen LogP contribution is -2.24. The smallest absolute Gasteiger partial charge is 0.273 e. The molecular formula is C18H21N9O. The molecule has 1 fully saturated rings. The Balaban J connectivity index is 1.35. The van der Waals surface area contributed by atoms with Crippen LogP contribution in [-0.2, 0) is 6.54 Å². The summed E-state index contributed by atoms with van der Waals surface area (Å²) in [5, 5.41) is 22.3. The molecule has 28 heavy (non-hydrogen) atoms. The zero-order valence-corrected chi connectivity index (χ0v) is 15.5. The molecule has 2 N–H and O–H groups in total. The largest absolute Gasteiger partial charge is 0.372 e. The molecule has 10 nitrogen and oxygen atoms in total. The van der Waals surface area contributed by atoms with E-state index >= 15 is 0 Å². The summed E-state index contributed by atoms with van der Waals surface area (Å²) in [4.78, 5) is 18.6. The Bertz CT molecular complexity index is 926. The van der Waals surface area contributed by atoms with Gasteiger partial charge in [0.25, 0.3) is 5.91 Å². The number of hydrogen-bond acceptors (Lipinski definition) is 8. The maximum absolute atomic E-state index is 12.3. The molecule has 1 amide bonds. The second-order valence-corrected chi connectivity index (χ2v) is 6.50. The molecule has 0 saturated carbocycles. The maximum Gasteiger partial charge on any atom is 0.273 e. The highest BCUT2D eigenvalue weighted by Gasteiger charge is 2.26. The average molecular weight is 379 g/mol.